The molecule has 4 atom stereocenters. The van der Waals surface area contributed by atoms with Crippen LogP contribution in [0.25, 0.3) is 0 Å². The number of hydrogen-bond donors (Lipinski definition) is 2. The highest BCUT2D eigenvalue weighted by molar-refractivity contribution is 5.60. The summed E-state index contributed by atoms with van der Waals surface area (Å²) >= 11 is 0. The third-order valence-corrected chi connectivity index (χ3v) is 6.89. The summed E-state index contributed by atoms with van der Waals surface area (Å²) in [5.74, 6) is 2.97. The lowest BCUT2D eigenvalue weighted by molar-refractivity contribution is 0.0598. The van der Waals surface area contributed by atoms with E-state index in [0.29, 0.717) is 11.2 Å². The van der Waals surface area contributed by atoms with Crippen LogP contribution in [0.1, 0.15) is 62.5 Å². The quantitative estimate of drug-likeness (QED) is 0.734. The van der Waals surface area contributed by atoms with E-state index in [9.17, 15) is 5.11 Å². The molecule has 3 aliphatic rings. The van der Waals surface area contributed by atoms with Gasteiger partial charge in [-0.1, -0.05) is 13.3 Å². The van der Waals surface area contributed by atoms with Crippen LogP contribution in [0, 0.1) is 17.3 Å². The highest BCUT2D eigenvalue weighted by Gasteiger charge is 2.50. The molecule has 21 heavy (non-hydrogen) atoms. The van der Waals surface area contributed by atoms with Crippen LogP contribution in [0.15, 0.2) is 12.1 Å². The number of hydrogen-bond acceptors (Lipinski definition) is 2. The first-order valence-corrected chi connectivity index (χ1v) is 8.66. The molecule has 0 saturated heterocycles. The van der Waals surface area contributed by atoms with E-state index in [1.54, 1.807) is 0 Å². The van der Waals surface area contributed by atoms with Gasteiger partial charge in [0.15, 0.2) is 0 Å². The summed E-state index contributed by atoms with van der Waals surface area (Å²) in [5.41, 5.74) is 4.45. The minimum Gasteiger partial charge on any atom is -0.506 e. The smallest absolute Gasteiger partial charge is 0.138 e. The Balaban J connectivity index is 1.73. The average molecular weight is 285 g/mol. The molecule has 3 unspecified atom stereocenters. The van der Waals surface area contributed by atoms with Crippen molar-refractivity contribution in [3.8, 4) is 5.75 Å². The zero-order valence-electron chi connectivity index (χ0n) is 13.3. The lowest BCUT2D eigenvalue weighted by atomic mass is 9.56. The van der Waals surface area contributed by atoms with Crippen LogP contribution in [0.4, 0.5) is 5.69 Å². The van der Waals surface area contributed by atoms with Crippen LogP contribution < -0.4 is 5.32 Å². The highest BCUT2D eigenvalue weighted by atomic mass is 16.3. The normalized spacial score (nSPS) is 37.5. The van der Waals surface area contributed by atoms with Gasteiger partial charge in [0, 0.05) is 7.05 Å². The summed E-state index contributed by atoms with van der Waals surface area (Å²) in [6.45, 7) is 2.55. The van der Waals surface area contributed by atoms with Crippen LogP contribution in [0.2, 0.25) is 0 Å². The van der Waals surface area contributed by atoms with Crippen molar-refractivity contribution in [3.63, 3.8) is 0 Å². The summed E-state index contributed by atoms with van der Waals surface area (Å²) in [6.07, 6.45) is 9.56. The Morgan fingerprint density at radius 1 is 1.19 bits per heavy atom. The Morgan fingerprint density at radius 2 is 2.05 bits per heavy atom. The topological polar surface area (TPSA) is 32.3 Å². The van der Waals surface area contributed by atoms with Crippen molar-refractivity contribution in [1.29, 1.82) is 0 Å². The molecule has 2 heteroatoms. The van der Waals surface area contributed by atoms with E-state index in [1.807, 2.05) is 13.1 Å². The molecule has 114 valence electrons. The molecule has 1 aromatic rings. The molecule has 0 aromatic heterocycles. The van der Waals surface area contributed by atoms with Crippen molar-refractivity contribution >= 4 is 5.69 Å². The molecule has 1 aromatic carbocycles. The van der Waals surface area contributed by atoms with E-state index in [-0.39, 0.29) is 0 Å². The largest absolute Gasteiger partial charge is 0.506 e. The van der Waals surface area contributed by atoms with E-state index < -0.39 is 0 Å². The van der Waals surface area contributed by atoms with Gasteiger partial charge in [-0.25, -0.2) is 0 Å². The molecule has 0 bridgehead atoms. The second kappa shape index (κ2) is 4.66. The van der Waals surface area contributed by atoms with Crippen molar-refractivity contribution in [3.05, 3.63) is 23.3 Å². The second-order valence-electron chi connectivity index (χ2n) is 7.82. The number of anilines is 1. The number of nitrogens with one attached hydrogen (secondary N) is 1. The Morgan fingerprint density at radius 3 is 2.86 bits per heavy atom. The van der Waals surface area contributed by atoms with Crippen LogP contribution in [0.5, 0.6) is 5.75 Å². The van der Waals surface area contributed by atoms with Gasteiger partial charge in [-0.2, -0.15) is 0 Å². The van der Waals surface area contributed by atoms with Crippen molar-refractivity contribution in [2.75, 3.05) is 12.4 Å². The van der Waals surface area contributed by atoms with Gasteiger partial charge in [-0.15, -0.1) is 0 Å². The number of aryl methyl sites for hydroxylation is 1. The standard InChI is InChI=1S/C19H27NO/c1-19-8-3-4-16(19)14-6-5-12-10-18(21)17(20-2)11-15(12)13(14)7-9-19/h10-11,13-14,16,20-21H,3-9H2,1-2H3/t13?,14?,16?,19-/m0/s1. The SMILES string of the molecule is CNc1cc2c(cc1O)CCC1C2CC[C@]2(C)CCCC12. The predicted molar refractivity (Wildman–Crippen MR) is 86.9 cm³/mol. The van der Waals surface area contributed by atoms with Gasteiger partial charge in [0.05, 0.1) is 5.69 Å². The highest BCUT2D eigenvalue weighted by Crippen LogP contribution is 2.61. The third-order valence-electron chi connectivity index (χ3n) is 6.89. The van der Waals surface area contributed by atoms with Gasteiger partial charge >= 0.3 is 0 Å². The fraction of sp³-hybridized carbons (Fsp3) is 0.684. The Hall–Kier alpha value is -1.18. The second-order valence-corrected chi connectivity index (χ2v) is 7.82. The lowest BCUT2D eigenvalue weighted by Crippen LogP contribution is -2.39. The van der Waals surface area contributed by atoms with Gasteiger partial charge in [0.2, 0.25) is 0 Å². The Kier molecular flexibility index (Phi) is 2.99. The number of phenols is 1. The van der Waals surface area contributed by atoms with E-state index in [0.717, 1.165) is 29.9 Å². The predicted octanol–water partition coefficient (Wildman–Crippen LogP) is 4.68. The van der Waals surface area contributed by atoms with Gasteiger partial charge < -0.3 is 10.4 Å². The first-order valence-electron chi connectivity index (χ1n) is 8.66. The fourth-order valence-electron chi connectivity index (χ4n) is 5.80. The number of benzene rings is 1. The number of rotatable bonds is 1. The maximum absolute atomic E-state index is 10.1. The molecular formula is C19H27NO. The number of phenolic OH excluding ortho intramolecular Hbond substituents is 1. The first-order chi connectivity index (χ1) is 10.1. The number of aromatic hydroxyl groups is 1. The molecule has 2 fully saturated rings. The van der Waals surface area contributed by atoms with Crippen molar-refractivity contribution in [2.45, 2.75) is 57.8 Å². The van der Waals surface area contributed by atoms with Crippen LogP contribution >= 0.6 is 0 Å². The van der Waals surface area contributed by atoms with E-state index in [2.05, 4.69) is 18.3 Å². The fourth-order valence-corrected chi connectivity index (χ4v) is 5.80. The van der Waals surface area contributed by atoms with Crippen molar-refractivity contribution in [2.24, 2.45) is 17.3 Å². The molecule has 0 heterocycles. The molecule has 3 aliphatic carbocycles. The first kappa shape index (κ1) is 13.5. The van der Waals surface area contributed by atoms with Crippen molar-refractivity contribution in [1.82, 2.24) is 0 Å². The molecule has 2 nitrogen and oxygen atoms in total. The van der Waals surface area contributed by atoms with Gasteiger partial charge in [-0.3, -0.25) is 0 Å². The molecule has 0 amide bonds. The van der Waals surface area contributed by atoms with Crippen LogP contribution in [-0.4, -0.2) is 12.2 Å². The number of fused-ring (bicyclic) bond motifs is 5. The minimum absolute atomic E-state index is 0.413. The summed E-state index contributed by atoms with van der Waals surface area (Å²) in [4.78, 5) is 0. The molecule has 0 radical (unpaired) electrons. The van der Waals surface area contributed by atoms with E-state index >= 15 is 0 Å². The molecule has 2 saturated carbocycles. The maximum Gasteiger partial charge on any atom is 0.138 e. The summed E-state index contributed by atoms with van der Waals surface area (Å²) in [5, 5.41) is 13.2. The van der Waals surface area contributed by atoms with Crippen LogP contribution in [0.3, 0.4) is 0 Å². The Labute approximate surface area is 128 Å². The minimum atomic E-state index is 0.413. The molecule has 4 rings (SSSR count). The molecule has 0 aliphatic heterocycles. The average Bonchev–Trinajstić information content (AvgIpc) is 2.88. The third kappa shape index (κ3) is 1.91. The molecule has 2 N–H and O–H groups in total. The van der Waals surface area contributed by atoms with Gasteiger partial charge in [-0.05, 0) is 85.0 Å². The van der Waals surface area contributed by atoms with Gasteiger partial charge in [0.25, 0.3) is 0 Å². The van der Waals surface area contributed by atoms with Crippen molar-refractivity contribution < 1.29 is 5.11 Å². The summed E-state index contributed by atoms with van der Waals surface area (Å²) in [7, 11) is 1.90. The molecule has 0 spiro atoms. The molecular weight excluding hydrogens is 258 g/mol. The monoisotopic (exact) mass is 285 g/mol. The zero-order valence-corrected chi connectivity index (χ0v) is 13.3. The van der Waals surface area contributed by atoms with E-state index in [1.165, 1.54) is 49.7 Å². The summed E-state index contributed by atoms with van der Waals surface area (Å²) < 4.78 is 0. The maximum atomic E-state index is 10.1. The lowest BCUT2D eigenvalue weighted by Gasteiger charge is -2.49. The summed E-state index contributed by atoms with van der Waals surface area (Å²) in [6, 6.07) is 4.25. The Bertz CT molecular complexity index is 567. The van der Waals surface area contributed by atoms with Crippen LogP contribution in [-0.2, 0) is 6.42 Å². The van der Waals surface area contributed by atoms with E-state index in [4.69, 9.17) is 0 Å². The zero-order chi connectivity index (χ0) is 14.6. The van der Waals surface area contributed by atoms with Gasteiger partial charge in [0.1, 0.15) is 5.75 Å².